The monoisotopic (exact) mass is 386 g/mol. The molecule has 8 heteroatoms. The van der Waals surface area contributed by atoms with Crippen LogP contribution in [0.25, 0.3) is 0 Å². The number of nitrogens with two attached hydrogens (primary N) is 1. The molecule has 1 fully saturated rings. The van der Waals surface area contributed by atoms with E-state index in [1.54, 1.807) is 0 Å². The third-order valence-corrected chi connectivity index (χ3v) is 4.95. The van der Waals surface area contributed by atoms with Crippen molar-refractivity contribution in [3.05, 3.63) is 56.7 Å². The molecule has 3 N–H and O–H groups in total. The van der Waals surface area contributed by atoms with E-state index in [0.717, 1.165) is 5.56 Å². The predicted octanol–water partition coefficient (Wildman–Crippen LogP) is 1.34. The average Bonchev–Trinajstić information content (AvgIpc) is 2.71. The lowest BCUT2D eigenvalue weighted by molar-refractivity contribution is -0.125. The summed E-state index contributed by atoms with van der Waals surface area (Å²) in [4.78, 5) is 41.9. The van der Waals surface area contributed by atoms with Crippen molar-refractivity contribution in [1.29, 1.82) is 0 Å². The predicted molar refractivity (Wildman–Crippen MR) is 107 cm³/mol. The molecule has 3 rings (SSSR count). The lowest BCUT2D eigenvalue weighted by Crippen LogP contribution is -2.44. The normalized spacial score (nSPS) is 14.8. The third kappa shape index (κ3) is 4.17. The van der Waals surface area contributed by atoms with Crippen LogP contribution >= 0.6 is 0 Å². The molecule has 2 heterocycles. The molecule has 0 aliphatic carbocycles. The van der Waals surface area contributed by atoms with Crippen LogP contribution in [0.3, 0.4) is 0 Å². The summed E-state index contributed by atoms with van der Waals surface area (Å²) < 4.78 is 6.63. The number of aromatic nitrogens is 2. The van der Waals surface area contributed by atoms with Crippen LogP contribution < -0.4 is 21.9 Å². The number of amides is 1. The smallest absolute Gasteiger partial charge is 0.330 e. The van der Waals surface area contributed by atoms with E-state index in [4.69, 9.17) is 10.5 Å². The van der Waals surface area contributed by atoms with Crippen molar-refractivity contribution in [3.8, 4) is 0 Å². The van der Waals surface area contributed by atoms with Crippen LogP contribution in [-0.4, -0.2) is 35.2 Å². The number of hydrogen-bond donors (Lipinski definition) is 2. The Hall–Kier alpha value is -2.87. The summed E-state index contributed by atoms with van der Waals surface area (Å²) in [5.74, 6) is -0.354. The molecule has 0 spiro atoms. The van der Waals surface area contributed by atoms with Crippen LogP contribution in [0.1, 0.15) is 31.7 Å². The summed E-state index contributed by atoms with van der Waals surface area (Å²) in [6, 6.07) is 9.34. The van der Waals surface area contributed by atoms with E-state index in [2.05, 4.69) is 4.98 Å². The molecule has 8 nitrogen and oxygen atoms in total. The van der Waals surface area contributed by atoms with Crippen molar-refractivity contribution in [2.24, 2.45) is 5.92 Å². The molecule has 1 aliphatic rings. The van der Waals surface area contributed by atoms with Crippen molar-refractivity contribution in [2.75, 3.05) is 30.4 Å². The lowest BCUT2D eigenvalue weighted by Gasteiger charge is -2.29. The third-order valence-electron chi connectivity index (χ3n) is 4.95. The molecule has 28 heavy (non-hydrogen) atoms. The Bertz CT molecular complexity index is 929. The summed E-state index contributed by atoms with van der Waals surface area (Å²) in [6.07, 6.45) is 1.88. The van der Waals surface area contributed by atoms with Crippen LogP contribution in [0.4, 0.5) is 11.5 Å². The average molecular weight is 386 g/mol. The first-order valence-corrected chi connectivity index (χ1v) is 9.58. The number of nitrogens with zero attached hydrogens (tertiary/aromatic N) is 2. The highest BCUT2D eigenvalue weighted by atomic mass is 16.5. The molecule has 1 aromatic carbocycles. The van der Waals surface area contributed by atoms with Gasteiger partial charge >= 0.3 is 5.69 Å². The van der Waals surface area contributed by atoms with Gasteiger partial charge in [0, 0.05) is 25.7 Å². The molecule has 0 bridgehead atoms. The molecule has 0 atom stereocenters. The maximum absolute atomic E-state index is 13.1. The number of carbonyl (C=O) groups excluding carboxylic acids is 1. The van der Waals surface area contributed by atoms with E-state index in [0.29, 0.717) is 39.0 Å². The molecule has 1 aromatic heterocycles. The first kappa shape index (κ1) is 19.9. The second-order valence-electron chi connectivity index (χ2n) is 6.94. The Morgan fingerprint density at radius 2 is 1.93 bits per heavy atom. The highest BCUT2D eigenvalue weighted by Crippen LogP contribution is 2.24. The Balaban J connectivity index is 2.02. The van der Waals surface area contributed by atoms with E-state index in [1.165, 1.54) is 9.47 Å². The number of benzene rings is 1. The summed E-state index contributed by atoms with van der Waals surface area (Å²) in [5, 5.41) is 0. The van der Waals surface area contributed by atoms with E-state index in [-0.39, 0.29) is 29.9 Å². The summed E-state index contributed by atoms with van der Waals surface area (Å²) >= 11 is 0. The van der Waals surface area contributed by atoms with Gasteiger partial charge < -0.3 is 15.4 Å². The minimum Gasteiger partial charge on any atom is -0.383 e. The molecule has 1 saturated heterocycles. The number of anilines is 2. The van der Waals surface area contributed by atoms with Crippen molar-refractivity contribution in [2.45, 2.75) is 32.7 Å². The van der Waals surface area contributed by atoms with Crippen LogP contribution in [0, 0.1) is 5.92 Å². The maximum Gasteiger partial charge on any atom is 0.330 e. The molecule has 1 amide bonds. The zero-order valence-electron chi connectivity index (χ0n) is 16.0. The fraction of sp³-hybridized carbons (Fsp3) is 0.450. The van der Waals surface area contributed by atoms with E-state index in [9.17, 15) is 14.4 Å². The minimum absolute atomic E-state index is 0.00598. The summed E-state index contributed by atoms with van der Waals surface area (Å²) in [7, 11) is 0. The van der Waals surface area contributed by atoms with Crippen molar-refractivity contribution in [3.63, 3.8) is 0 Å². The topological polar surface area (TPSA) is 110 Å². The van der Waals surface area contributed by atoms with Gasteiger partial charge in [0.1, 0.15) is 5.82 Å². The quantitative estimate of drug-likeness (QED) is 0.778. The van der Waals surface area contributed by atoms with Crippen molar-refractivity contribution in [1.82, 2.24) is 9.55 Å². The number of H-pyrrole nitrogens is 1. The fourth-order valence-corrected chi connectivity index (χ4v) is 3.48. The number of ether oxygens (including phenoxy) is 1. The fourth-order valence-electron chi connectivity index (χ4n) is 3.48. The first-order chi connectivity index (χ1) is 13.5. The highest BCUT2D eigenvalue weighted by molar-refractivity contribution is 5.97. The molecule has 0 saturated carbocycles. The molecule has 0 radical (unpaired) electrons. The maximum atomic E-state index is 13.1. The lowest BCUT2D eigenvalue weighted by atomic mass is 9.98. The number of nitrogen functional groups attached to an aromatic ring is 1. The van der Waals surface area contributed by atoms with Crippen LogP contribution in [0.5, 0.6) is 0 Å². The largest absolute Gasteiger partial charge is 0.383 e. The Kier molecular flexibility index (Phi) is 6.30. The minimum atomic E-state index is -0.638. The van der Waals surface area contributed by atoms with Gasteiger partial charge in [-0.15, -0.1) is 0 Å². The van der Waals surface area contributed by atoms with Crippen LogP contribution in [0.15, 0.2) is 39.9 Å². The number of aromatic amines is 1. The number of rotatable bonds is 6. The van der Waals surface area contributed by atoms with Crippen LogP contribution in [-0.2, 0) is 16.1 Å². The van der Waals surface area contributed by atoms with Gasteiger partial charge in [0.2, 0.25) is 5.91 Å². The Morgan fingerprint density at radius 3 is 2.57 bits per heavy atom. The molecule has 1 aliphatic heterocycles. The van der Waals surface area contributed by atoms with Gasteiger partial charge in [0.05, 0.1) is 6.54 Å². The summed E-state index contributed by atoms with van der Waals surface area (Å²) in [6.45, 7) is 3.54. The van der Waals surface area contributed by atoms with Gasteiger partial charge in [0.15, 0.2) is 5.69 Å². The van der Waals surface area contributed by atoms with E-state index in [1.807, 2.05) is 37.3 Å². The second-order valence-corrected chi connectivity index (χ2v) is 6.94. The molecule has 150 valence electrons. The Morgan fingerprint density at radius 1 is 1.25 bits per heavy atom. The van der Waals surface area contributed by atoms with Gasteiger partial charge in [-0.1, -0.05) is 37.3 Å². The zero-order valence-corrected chi connectivity index (χ0v) is 16.0. The van der Waals surface area contributed by atoms with Crippen molar-refractivity contribution >= 4 is 17.4 Å². The van der Waals surface area contributed by atoms with Crippen LogP contribution in [0.2, 0.25) is 0 Å². The van der Waals surface area contributed by atoms with Gasteiger partial charge in [-0.05, 0) is 24.8 Å². The van der Waals surface area contributed by atoms with Gasteiger partial charge in [-0.25, -0.2) is 4.79 Å². The van der Waals surface area contributed by atoms with Crippen molar-refractivity contribution < 1.29 is 9.53 Å². The number of carbonyl (C=O) groups is 1. The standard InChI is InChI=1S/C20H26N4O4/c1-2-10-23(19(26)15-8-11-28-12-9-15)16-17(21)24(20(27)22-18(16)25)13-14-6-4-3-5-7-14/h3-7,15H,2,8-13,21H2,1H3,(H,22,25,27). The number of nitrogens with one attached hydrogen (secondary N) is 1. The Labute approximate surface area is 162 Å². The highest BCUT2D eigenvalue weighted by Gasteiger charge is 2.30. The first-order valence-electron chi connectivity index (χ1n) is 9.58. The molecule has 2 aromatic rings. The molecular formula is C20H26N4O4. The molecule has 0 unspecified atom stereocenters. The molecular weight excluding hydrogens is 360 g/mol. The SMILES string of the molecule is CCCN(C(=O)C1CCOCC1)c1c(N)n(Cc2ccccc2)c(=O)[nH]c1=O. The van der Waals surface area contributed by atoms with Gasteiger partial charge in [-0.2, -0.15) is 0 Å². The summed E-state index contributed by atoms with van der Waals surface area (Å²) in [5.41, 5.74) is 5.94. The van der Waals surface area contributed by atoms with E-state index < -0.39 is 11.2 Å². The number of hydrogen-bond acceptors (Lipinski definition) is 5. The van der Waals surface area contributed by atoms with Gasteiger partial charge in [0.25, 0.3) is 5.56 Å². The second kappa shape index (κ2) is 8.88. The zero-order chi connectivity index (χ0) is 20.1. The van der Waals surface area contributed by atoms with E-state index >= 15 is 0 Å². The van der Waals surface area contributed by atoms with Gasteiger partial charge in [-0.3, -0.25) is 19.1 Å².